The Bertz CT molecular complexity index is 933. The van der Waals surface area contributed by atoms with Crippen molar-refractivity contribution in [2.45, 2.75) is 19.8 Å². The maximum Gasteiger partial charge on any atom is 0.251 e. The van der Waals surface area contributed by atoms with Crippen LogP contribution in [0.25, 0.3) is 0 Å². The van der Waals surface area contributed by atoms with Crippen LogP contribution in [0.4, 0.5) is 0 Å². The van der Waals surface area contributed by atoms with Crippen LogP contribution < -0.4 is 5.32 Å². The largest absolute Gasteiger partial charge is 0.343 e. The van der Waals surface area contributed by atoms with E-state index >= 15 is 0 Å². The van der Waals surface area contributed by atoms with Gasteiger partial charge in [0.1, 0.15) is 0 Å². The SMILES string of the molecule is Cc1ccc(C(=O)CCC(=O)N2CCN(C(=O)CNC(=O)c3ccccc3)CC2)cc1. The molecule has 0 spiro atoms. The van der Waals surface area contributed by atoms with Gasteiger partial charge < -0.3 is 15.1 Å². The molecule has 1 saturated heterocycles. The number of carbonyl (C=O) groups excluding carboxylic acids is 4. The Morgan fingerprint density at radius 1 is 0.742 bits per heavy atom. The third-order valence-corrected chi connectivity index (χ3v) is 5.36. The second-order valence-electron chi connectivity index (χ2n) is 7.60. The highest BCUT2D eigenvalue weighted by Crippen LogP contribution is 2.10. The molecule has 3 rings (SSSR count). The van der Waals surface area contributed by atoms with E-state index in [2.05, 4.69) is 5.32 Å². The number of carbonyl (C=O) groups is 4. The van der Waals surface area contributed by atoms with Crippen LogP contribution in [0.2, 0.25) is 0 Å². The molecule has 1 heterocycles. The normalized spacial score (nSPS) is 13.6. The Hall–Kier alpha value is -3.48. The maximum absolute atomic E-state index is 12.4. The summed E-state index contributed by atoms with van der Waals surface area (Å²) in [6, 6.07) is 16.1. The topological polar surface area (TPSA) is 86.8 Å². The fraction of sp³-hybridized carbons (Fsp3) is 0.333. The molecule has 7 heteroatoms. The molecule has 7 nitrogen and oxygen atoms in total. The van der Waals surface area contributed by atoms with E-state index < -0.39 is 0 Å². The van der Waals surface area contributed by atoms with Crippen molar-refractivity contribution in [3.05, 3.63) is 71.3 Å². The van der Waals surface area contributed by atoms with Crippen LogP contribution in [0.3, 0.4) is 0 Å². The fourth-order valence-electron chi connectivity index (χ4n) is 3.43. The molecule has 31 heavy (non-hydrogen) atoms. The molecule has 0 aromatic heterocycles. The molecular weight excluding hydrogens is 394 g/mol. The summed E-state index contributed by atoms with van der Waals surface area (Å²) in [4.78, 5) is 52.5. The van der Waals surface area contributed by atoms with E-state index in [1.54, 1.807) is 46.2 Å². The van der Waals surface area contributed by atoms with Crippen molar-refractivity contribution in [2.24, 2.45) is 0 Å². The number of Topliss-reactive ketones (excluding diaryl/α,β-unsaturated/α-hetero) is 1. The summed E-state index contributed by atoms with van der Waals surface area (Å²) in [7, 11) is 0. The highest BCUT2D eigenvalue weighted by Gasteiger charge is 2.24. The Balaban J connectivity index is 1.38. The van der Waals surface area contributed by atoms with Gasteiger partial charge in [0.2, 0.25) is 11.8 Å². The van der Waals surface area contributed by atoms with Gasteiger partial charge in [0.15, 0.2) is 5.78 Å². The van der Waals surface area contributed by atoms with Gasteiger partial charge in [-0.05, 0) is 19.1 Å². The predicted octanol–water partition coefficient (Wildman–Crippen LogP) is 2.06. The van der Waals surface area contributed by atoms with Gasteiger partial charge >= 0.3 is 0 Å². The predicted molar refractivity (Wildman–Crippen MR) is 117 cm³/mol. The molecule has 0 radical (unpaired) electrons. The van der Waals surface area contributed by atoms with E-state index in [-0.39, 0.29) is 42.9 Å². The van der Waals surface area contributed by atoms with E-state index in [1.807, 2.05) is 25.1 Å². The first-order valence-electron chi connectivity index (χ1n) is 10.4. The van der Waals surface area contributed by atoms with Crippen LogP contribution in [-0.4, -0.2) is 66.0 Å². The van der Waals surface area contributed by atoms with Crippen LogP contribution in [-0.2, 0) is 9.59 Å². The minimum Gasteiger partial charge on any atom is -0.343 e. The summed E-state index contributed by atoms with van der Waals surface area (Å²) < 4.78 is 0. The molecule has 0 unspecified atom stereocenters. The van der Waals surface area contributed by atoms with Crippen molar-refractivity contribution in [3.63, 3.8) is 0 Å². The van der Waals surface area contributed by atoms with Crippen LogP contribution in [0.15, 0.2) is 54.6 Å². The molecule has 3 amide bonds. The number of aryl methyl sites for hydroxylation is 1. The number of amides is 3. The van der Waals surface area contributed by atoms with Gasteiger partial charge in [0, 0.05) is 50.1 Å². The number of hydrogen-bond donors (Lipinski definition) is 1. The van der Waals surface area contributed by atoms with E-state index in [4.69, 9.17) is 0 Å². The lowest BCUT2D eigenvalue weighted by atomic mass is 10.0. The molecule has 1 aliphatic rings. The highest BCUT2D eigenvalue weighted by atomic mass is 16.2. The number of hydrogen-bond acceptors (Lipinski definition) is 4. The lowest BCUT2D eigenvalue weighted by Gasteiger charge is -2.34. The monoisotopic (exact) mass is 421 g/mol. The van der Waals surface area contributed by atoms with Crippen molar-refractivity contribution in [1.82, 2.24) is 15.1 Å². The van der Waals surface area contributed by atoms with Gasteiger partial charge in [-0.1, -0.05) is 48.0 Å². The smallest absolute Gasteiger partial charge is 0.251 e. The number of nitrogens with zero attached hydrogens (tertiary/aromatic N) is 2. The number of benzene rings is 2. The average Bonchev–Trinajstić information content (AvgIpc) is 2.81. The zero-order valence-corrected chi connectivity index (χ0v) is 17.7. The van der Waals surface area contributed by atoms with Gasteiger partial charge in [0.05, 0.1) is 6.54 Å². The summed E-state index contributed by atoms with van der Waals surface area (Å²) in [5.74, 6) is -0.590. The third-order valence-electron chi connectivity index (χ3n) is 5.36. The van der Waals surface area contributed by atoms with Crippen molar-refractivity contribution in [2.75, 3.05) is 32.7 Å². The first kappa shape index (κ1) is 22.2. The quantitative estimate of drug-likeness (QED) is 0.694. The van der Waals surface area contributed by atoms with Crippen LogP contribution >= 0.6 is 0 Å². The first-order chi connectivity index (χ1) is 14.9. The molecular formula is C24H27N3O4. The Morgan fingerprint density at radius 3 is 1.94 bits per heavy atom. The van der Waals surface area contributed by atoms with Gasteiger partial charge in [-0.25, -0.2) is 0 Å². The molecule has 2 aromatic rings. The lowest BCUT2D eigenvalue weighted by Crippen LogP contribution is -2.52. The molecule has 0 atom stereocenters. The first-order valence-corrected chi connectivity index (χ1v) is 10.4. The third kappa shape index (κ3) is 6.25. The molecule has 0 bridgehead atoms. The number of rotatable bonds is 7. The standard InChI is InChI=1S/C24H27N3O4/c1-18-7-9-19(10-8-18)21(28)11-12-22(29)26-13-15-27(16-14-26)23(30)17-25-24(31)20-5-3-2-4-6-20/h2-10H,11-17H2,1H3,(H,25,31). The Morgan fingerprint density at radius 2 is 1.32 bits per heavy atom. The molecule has 0 saturated carbocycles. The van der Waals surface area contributed by atoms with E-state index in [1.165, 1.54) is 0 Å². The molecule has 0 aliphatic carbocycles. The molecule has 1 aliphatic heterocycles. The van der Waals surface area contributed by atoms with Crippen molar-refractivity contribution in [1.29, 1.82) is 0 Å². The number of nitrogens with one attached hydrogen (secondary N) is 1. The summed E-state index contributed by atoms with van der Waals surface area (Å²) in [5.41, 5.74) is 2.21. The van der Waals surface area contributed by atoms with Crippen molar-refractivity contribution in [3.8, 4) is 0 Å². The zero-order valence-electron chi connectivity index (χ0n) is 17.7. The highest BCUT2D eigenvalue weighted by molar-refractivity contribution is 5.98. The van der Waals surface area contributed by atoms with Crippen molar-refractivity contribution >= 4 is 23.5 Å². The molecule has 1 N–H and O–H groups in total. The molecule has 1 fully saturated rings. The maximum atomic E-state index is 12.4. The minimum absolute atomic E-state index is 0.0451. The summed E-state index contributed by atoms with van der Waals surface area (Å²) >= 11 is 0. The van der Waals surface area contributed by atoms with Crippen LogP contribution in [0.5, 0.6) is 0 Å². The zero-order chi connectivity index (χ0) is 22.2. The Labute approximate surface area is 182 Å². The Kier molecular flexibility index (Phi) is 7.54. The van der Waals surface area contributed by atoms with Gasteiger partial charge in [-0.15, -0.1) is 0 Å². The summed E-state index contributed by atoms with van der Waals surface area (Å²) in [5, 5.41) is 2.63. The second-order valence-corrected chi connectivity index (χ2v) is 7.60. The number of ketones is 1. The van der Waals surface area contributed by atoms with E-state index in [0.717, 1.165) is 5.56 Å². The summed E-state index contributed by atoms with van der Waals surface area (Å²) in [6.07, 6.45) is 0.334. The fourth-order valence-corrected chi connectivity index (χ4v) is 3.43. The summed E-state index contributed by atoms with van der Waals surface area (Å²) in [6.45, 7) is 3.56. The van der Waals surface area contributed by atoms with Crippen molar-refractivity contribution < 1.29 is 19.2 Å². The van der Waals surface area contributed by atoms with Gasteiger partial charge in [0.25, 0.3) is 5.91 Å². The van der Waals surface area contributed by atoms with E-state index in [0.29, 0.717) is 37.3 Å². The second kappa shape index (κ2) is 10.5. The van der Waals surface area contributed by atoms with E-state index in [9.17, 15) is 19.2 Å². The molecule has 2 aromatic carbocycles. The molecule has 162 valence electrons. The van der Waals surface area contributed by atoms with Gasteiger partial charge in [-0.3, -0.25) is 19.2 Å². The van der Waals surface area contributed by atoms with Crippen LogP contribution in [0, 0.1) is 6.92 Å². The minimum atomic E-state index is -0.291. The average molecular weight is 421 g/mol. The van der Waals surface area contributed by atoms with Crippen LogP contribution in [0.1, 0.15) is 39.1 Å². The van der Waals surface area contributed by atoms with Gasteiger partial charge in [-0.2, -0.15) is 0 Å². The lowest BCUT2D eigenvalue weighted by molar-refractivity contribution is -0.138. The number of piperazine rings is 1.